The Labute approximate surface area is 116 Å². The lowest BCUT2D eigenvalue weighted by Gasteiger charge is -2.13. The topological polar surface area (TPSA) is 92.8 Å². The minimum absolute atomic E-state index is 0.0354. The molecule has 0 spiro atoms. The van der Waals surface area contributed by atoms with Crippen molar-refractivity contribution in [1.29, 1.82) is 0 Å². The monoisotopic (exact) mass is 285 g/mol. The Balaban J connectivity index is 2.71. The molecule has 0 heterocycles. The molecule has 1 atom stereocenters. The molecule has 5 nitrogen and oxygen atoms in total. The Bertz CT molecular complexity index is 425. The van der Waals surface area contributed by atoms with Gasteiger partial charge < -0.3 is 20.7 Å². The first-order chi connectivity index (χ1) is 9.06. The molecule has 0 saturated carbocycles. The minimum atomic E-state index is -1.41. The molecule has 1 aromatic rings. The van der Waals surface area contributed by atoms with Crippen molar-refractivity contribution in [3.63, 3.8) is 0 Å². The summed E-state index contributed by atoms with van der Waals surface area (Å²) in [6.07, 6.45) is 0.562. The number of thioether (sulfide) groups is 1. The third-order valence-electron chi connectivity index (χ3n) is 2.44. The van der Waals surface area contributed by atoms with Gasteiger partial charge in [-0.25, -0.2) is 4.79 Å². The zero-order valence-electron chi connectivity index (χ0n) is 10.8. The molecule has 0 fully saturated rings. The summed E-state index contributed by atoms with van der Waals surface area (Å²) >= 11 is 1.19. The standard InChI is InChI=1S/C13H19NO4S/c1-2-3-7-18-11-6-4-5-9(14)12(11)19-8-10(15)13(16)17/h4-6,10,15H,2-3,7-8,14H2,1H3,(H,16,17)/t10-/m1/s1. The van der Waals surface area contributed by atoms with Crippen LogP contribution in [0.3, 0.4) is 0 Å². The van der Waals surface area contributed by atoms with Crippen LogP contribution in [0.1, 0.15) is 19.8 Å². The van der Waals surface area contributed by atoms with Gasteiger partial charge >= 0.3 is 5.97 Å². The smallest absolute Gasteiger partial charge is 0.333 e. The lowest BCUT2D eigenvalue weighted by molar-refractivity contribution is -0.145. The molecule has 0 aliphatic carbocycles. The first kappa shape index (κ1) is 15.7. The van der Waals surface area contributed by atoms with Crippen molar-refractivity contribution in [2.45, 2.75) is 30.8 Å². The Kier molecular flexibility index (Phi) is 6.52. The van der Waals surface area contributed by atoms with E-state index >= 15 is 0 Å². The molecule has 0 saturated heterocycles. The SMILES string of the molecule is CCCCOc1cccc(N)c1SC[C@@H](O)C(=O)O. The van der Waals surface area contributed by atoms with Crippen LogP contribution in [0.15, 0.2) is 23.1 Å². The molecule has 0 bridgehead atoms. The maximum atomic E-state index is 10.6. The number of nitrogens with two attached hydrogens (primary N) is 1. The van der Waals surface area contributed by atoms with E-state index < -0.39 is 12.1 Å². The van der Waals surface area contributed by atoms with Gasteiger partial charge in [0.05, 0.1) is 11.5 Å². The zero-order valence-corrected chi connectivity index (χ0v) is 11.7. The molecule has 1 aromatic carbocycles. The van der Waals surface area contributed by atoms with Gasteiger partial charge in [-0.15, -0.1) is 11.8 Å². The fourth-order valence-corrected chi connectivity index (χ4v) is 2.33. The van der Waals surface area contributed by atoms with E-state index in [0.29, 0.717) is 22.9 Å². The molecule has 1 rings (SSSR count). The highest BCUT2D eigenvalue weighted by molar-refractivity contribution is 7.99. The molecule has 0 unspecified atom stereocenters. The van der Waals surface area contributed by atoms with Crippen LogP contribution >= 0.6 is 11.8 Å². The van der Waals surface area contributed by atoms with Gasteiger partial charge in [0.2, 0.25) is 0 Å². The van der Waals surface area contributed by atoms with Crippen molar-refractivity contribution < 1.29 is 19.7 Å². The number of aliphatic hydroxyl groups excluding tert-OH is 1. The number of hydrogen-bond acceptors (Lipinski definition) is 5. The number of anilines is 1. The van der Waals surface area contributed by atoms with Gasteiger partial charge in [0.1, 0.15) is 5.75 Å². The van der Waals surface area contributed by atoms with Gasteiger partial charge in [-0.05, 0) is 18.6 Å². The Hall–Kier alpha value is -1.40. The van der Waals surface area contributed by atoms with E-state index in [1.807, 2.05) is 0 Å². The number of rotatable bonds is 8. The maximum Gasteiger partial charge on any atom is 0.333 e. The minimum Gasteiger partial charge on any atom is -0.492 e. The van der Waals surface area contributed by atoms with E-state index in [-0.39, 0.29) is 5.75 Å². The highest BCUT2D eigenvalue weighted by atomic mass is 32.2. The van der Waals surface area contributed by atoms with Crippen molar-refractivity contribution in [2.75, 3.05) is 18.1 Å². The number of benzene rings is 1. The van der Waals surface area contributed by atoms with Gasteiger partial charge in [-0.3, -0.25) is 0 Å². The Morgan fingerprint density at radius 1 is 1.53 bits per heavy atom. The molecular formula is C13H19NO4S. The van der Waals surface area contributed by atoms with Gasteiger partial charge in [0.15, 0.2) is 6.10 Å². The predicted molar refractivity (Wildman–Crippen MR) is 75.6 cm³/mol. The third-order valence-corrected chi connectivity index (χ3v) is 3.64. The summed E-state index contributed by atoms with van der Waals surface area (Å²) in [6.45, 7) is 2.66. The van der Waals surface area contributed by atoms with E-state index in [2.05, 4.69) is 6.92 Å². The average Bonchev–Trinajstić information content (AvgIpc) is 2.37. The van der Waals surface area contributed by atoms with Crippen LogP contribution in [0.4, 0.5) is 5.69 Å². The zero-order chi connectivity index (χ0) is 14.3. The van der Waals surface area contributed by atoms with Gasteiger partial charge in [0.25, 0.3) is 0 Å². The van der Waals surface area contributed by atoms with E-state index in [4.69, 9.17) is 15.6 Å². The molecule has 0 amide bonds. The summed E-state index contributed by atoms with van der Waals surface area (Å²) in [5.74, 6) is -0.570. The molecule has 106 valence electrons. The highest BCUT2D eigenvalue weighted by Gasteiger charge is 2.16. The van der Waals surface area contributed by atoms with E-state index in [0.717, 1.165) is 12.8 Å². The maximum absolute atomic E-state index is 10.6. The summed E-state index contributed by atoms with van der Waals surface area (Å²) in [4.78, 5) is 11.3. The van der Waals surface area contributed by atoms with Gasteiger partial charge in [-0.2, -0.15) is 0 Å². The second-order valence-electron chi connectivity index (χ2n) is 4.04. The second-order valence-corrected chi connectivity index (χ2v) is 5.07. The number of aliphatic hydroxyl groups is 1. The predicted octanol–water partition coefficient (Wildman–Crippen LogP) is 1.99. The Morgan fingerprint density at radius 3 is 2.89 bits per heavy atom. The second kappa shape index (κ2) is 7.91. The molecule has 6 heteroatoms. The number of nitrogen functional groups attached to an aromatic ring is 1. The Morgan fingerprint density at radius 2 is 2.26 bits per heavy atom. The number of ether oxygens (including phenoxy) is 1. The number of carbonyl (C=O) groups is 1. The van der Waals surface area contributed by atoms with Crippen LogP contribution in [-0.2, 0) is 4.79 Å². The number of carboxylic acid groups (broad SMARTS) is 1. The largest absolute Gasteiger partial charge is 0.492 e. The summed E-state index contributed by atoms with van der Waals surface area (Å²) in [5.41, 5.74) is 6.38. The molecule has 0 radical (unpaired) electrons. The molecular weight excluding hydrogens is 266 g/mol. The third kappa shape index (κ3) is 5.00. The van der Waals surface area contributed by atoms with Crippen molar-refractivity contribution in [2.24, 2.45) is 0 Å². The number of unbranched alkanes of at least 4 members (excludes halogenated alkanes) is 1. The van der Waals surface area contributed by atoms with Crippen molar-refractivity contribution in [3.05, 3.63) is 18.2 Å². The molecule has 0 aliphatic heterocycles. The first-order valence-corrected chi connectivity index (χ1v) is 7.09. The summed E-state index contributed by atoms with van der Waals surface area (Å²) < 4.78 is 5.62. The fourth-order valence-electron chi connectivity index (χ4n) is 1.36. The van der Waals surface area contributed by atoms with E-state index in [9.17, 15) is 9.90 Å². The highest BCUT2D eigenvalue weighted by Crippen LogP contribution is 2.35. The van der Waals surface area contributed by atoms with E-state index in [1.165, 1.54) is 11.8 Å². The number of carboxylic acids is 1. The fraction of sp³-hybridized carbons (Fsp3) is 0.462. The van der Waals surface area contributed by atoms with Crippen LogP contribution < -0.4 is 10.5 Å². The van der Waals surface area contributed by atoms with Crippen molar-refractivity contribution >= 4 is 23.4 Å². The molecule has 19 heavy (non-hydrogen) atoms. The van der Waals surface area contributed by atoms with E-state index in [1.54, 1.807) is 18.2 Å². The number of aliphatic carboxylic acids is 1. The quantitative estimate of drug-likeness (QED) is 0.384. The molecule has 4 N–H and O–H groups in total. The van der Waals surface area contributed by atoms with Crippen LogP contribution in [0.5, 0.6) is 5.75 Å². The van der Waals surface area contributed by atoms with Crippen LogP contribution in [0, 0.1) is 0 Å². The van der Waals surface area contributed by atoms with Gasteiger partial charge in [-0.1, -0.05) is 19.4 Å². The summed E-state index contributed by atoms with van der Waals surface area (Å²) in [6, 6.07) is 5.30. The first-order valence-electron chi connectivity index (χ1n) is 6.11. The van der Waals surface area contributed by atoms with Crippen LogP contribution in [-0.4, -0.2) is 34.6 Å². The normalized spacial score (nSPS) is 12.1. The average molecular weight is 285 g/mol. The molecule has 0 aliphatic rings. The van der Waals surface area contributed by atoms with Gasteiger partial charge in [0, 0.05) is 11.4 Å². The van der Waals surface area contributed by atoms with Crippen LogP contribution in [0.2, 0.25) is 0 Å². The summed E-state index contributed by atoms with van der Waals surface area (Å²) in [7, 11) is 0. The lowest BCUT2D eigenvalue weighted by atomic mass is 10.3. The number of hydrogen-bond donors (Lipinski definition) is 3. The molecule has 0 aromatic heterocycles. The van der Waals surface area contributed by atoms with Crippen molar-refractivity contribution in [3.8, 4) is 5.75 Å². The summed E-state index contributed by atoms with van der Waals surface area (Å²) in [5, 5.41) is 17.9. The van der Waals surface area contributed by atoms with Crippen LogP contribution in [0.25, 0.3) is 0 Å². The van der Waals surface area contributed by atoms with Crippen molar-refractivity contribution in [1.82, 2.24) is 0 Å². The lowest BCUT2D eigenvalue weighted by Crippen LogP contribution is -2.21.